The van der Waals surface area contributed by atoms with Crippen LogP contribution in [0, 0.1) is 0 Å². The van der Waals surface area contributed by atoms with Crippen LogP contribution in [-0.4, -0.2) is 43.1 Å². The first kappa shape index (κ1) is 16.5. The lowest BCUT2D eigenvalue weighted by atomic mass is 9.98. The topological polar surface area (TPSA) is 75.8 Å². The summed E-state index contributed by atoms with van der Waals surface area (Å²) in [5.74, 6) is -0.388. The normalized spacial score (nSPS) is 23.0. The first-order valence-electron chi connectivity index (χ1n) is 6.91. The molecule has 5 nitrogen and oxygen atoms in total. The van der Waals surface area contributed by atoms with Crippen molar-refractivity contribution in [2.45, 2.75) is 36.7 Å². The van der Waals surface area contributed by atoms with Crippen molar-refractivity contribution in [2.75, 3.05) is 37.1 Å². The minimum absolute atomic E-state index is 0.388. The Morgan fingerprint density at radius 1 is 1.48 bits per heavy atom. The van der Waals surface area contributed by atoms with Crippen molar-refractivity contribution in [1.29, 1.82) is 0 Å². The molecule has 0 spiro atoms. The van der Waals surface area contributed by atoms with E-state index in [1.807, 2.05) is 13.2 Å². The highest BCUT2D eigenvalue weighted by molar-refractivity contribution is 7.99. The third-order valence-corrected chi connectivity index (χ3v) is 6.01. The van der Waals surface area contributed by atoms with Gasteiger partial charge in [0, 0.05) is 13.1 Å². The SMILES string of the molecule is COC(=O)c1sc(N2CCCC(C)(O)CC2)c(SC)c1N. The number of nitrogen functional groups attached to an aromatic ring is 1. The van der Waals surface area contributed by atoms with Crippen molar-refractivity contribution in [3.8, 4) is 0 Å². The van der Waals surface area contributed by atoms with Crippen LogP contribution in [0.15, 0.2) is 4.90 Å². The van der Waals surface area contributed by atoms with Crippen LogP contribution in [0.3, 0.4) is 0 Å². The Bertz CT molecular complexity index is 529. The molecule has 1 atom stereocenters. The van der Waals surface area contributed by atoms with Gasteiger partial charge in [0.1, 0.15) is 9.88 Å². The van der Waals surface area contributed by atoms with Crippen LogP contribution < -0.4 is 10.6 Å². The molecule has 1 aliphatic heterocycles. The third kappa shape index (κ3) is 3.46. The first-order chi connectivity index (χ1) is 9.89. The van der Waals surface area contributed by atoms with Gasteiger partial charge < -0.3 is 20.5 Å². The number of nitrogens with zero attached hydrogens (tertiary/aromatic N) is 1. The van der Waals surface area contributed by atoms with Gasteiger partial charge in [0.05, 0.1) is 23.3 Å². The van der Waals surface area contributed by atoms with Crippen molar-refractivity contribution in [3.63, 3.8) is 0 Å². The monoisotopic (exact) mass is 330 g/mol. The molecule has 7 heteroatoms. The highest BCUT2D eigenvalue weighted by Crippen LogP contribution is 2.44. The summed E-state index contributed by atoms with van der Waals surface area (Å²) in [6, 6.07) is 0. The molecular formula is C14H22N2O3S2. The first-order valence-corrected chi connectivity index (χ1v) is 8.95. The molecule has 21 heavy (non-hydrogen) atoms. The molecule has 1 aromatic rings. The largest absolute Gasteiger partial charge is 0.465 e. The number of anilines is 2. The number of carbonyl (C=O) groups is 1. The zero-order valence-corrected chi connectivity index (χ0v) is 14.3. The molecule has 0 bridgehead atoms. The van der Waals surface area contributed by atoms with Gasteiger partial charge in [-0.25, -0.2) is 4.79 Å². The molecule has 1 fully saturated rings. The summed E-state index contributed by atoms with van der Waals surface area (Å²) in [6.45, 7) is 3.51. The van der Waals surface area contributed by atoms with Gasteiger partial charge in [-0.15, -0.1) is 23.1 Å². The predicted molar refractivity (Wildman–Crippen MR) is 88.5 cm³/mol. The van der Waals surface area contributed by atoms with Gasteiger partial charge in [-0.3, -0.25) is 0 Å². The number of thiophene rings is 1. The maximum atomic E-state index is 11.8. The Morgan fingerprint density at radius 3 is 2.81 bits per heavy atom. The Kier molecular flexibility index (Phi) is 5.06. The number of thioether (sulfide) groups is 1. The van der Waals surface area contributed by atoms with Gasteiger partial charge in [0.2, 0.25) is 0 Å². The molecular weight excluding hydrogens is 308 g/mol. The second kappa shape index (κ2) is 6.46. The van der Waals surface area contributed by atoms with Crippen LogP contribution in [0.1, 0.15) is 35.9 Å². The summed E-state index contributed by atoms with van der Waals surface area (Å²) in [5.41, 5.74) is 6.00. The van der Waals surface area contributed by atoms with Crippen LogP contribution in [0.2, 0.25) is 0 Å². The van der Waals surface area contributed by atoms with Crippen LogP contribution in [0.4, 0.5) is 10.7 Å². The second-order valence-corrected chi connectivity index (χ2v) is 7.33. The minimum atomic E-state index is -0.609. The molecule has 1 aromatic heterocycles. The number of methoxy groups -OCH3 is 1. The average Bonchev–Trinajstić information content (AvgIpc) is 2.66. The predicted octanol–water partition coefficient (Wildman–Crippen LogP) is 2.58. The molecule has 1 saturated heterocycles. The van der Waals surface area contributed by atoms with E-state index >= 15 is 0 Å². The van der Waals surface area contributed by atoms with Crippen molar-refractivity contribution in [2.24, 2.45) is 0 Å². The fourth-order valence-electron chi connectivity index (χ4n) is 2.53. The molecule has 1 unspecified atom stereocenters. The number of rotatable bonds is 3. The summed E-state index contributed by atoms with van der Waals surface area (Å²) in [5, 5.41) is 11.2. The van der Waals surface area contributed by atoms with Gasteiger partial charge in [-0.05, 0) is 32.4 Å². The number of aliphatic hydroxyl groups is 1. The fourth-order valence-corrected chi connectivity index (χ4v) is 4.68. The van der Waals surface area contributed by atoms with E-state index < -0.39 is 5.60 Å². The van der Waals surface area contributed by atoms with E-state index in [9.17, 15) is 9.90 Å². The second-order valence-electron chi connectivity index (χ2n) is 5.51. The Labute approximate surface area is 133 Å². The average molecular weight is 330 g/mol. The Hall–Kier alpha value is -0.920. The van der Waals surface area contributed by atoms with Crippen LogP contribution in [-0.2, 0) is 4.74 Å². The number of nitrogens with two attached hydrogens (primary N) is 1. The van der Waals surface area contributed by atoms with Crippen LogP contribution in [0.5, 0.6) is 0 Å². The minimum Gasteiger partial charge on any atom is -0.465 e. The number of hydrogen-bond acceptors (Lipinski definition) is 7. The van der Waals surface area contributed by atoms with Crippen LogP contribution in [0.25, 0.3) is 0 Å². The van der Waals surface area contributed by atoms with Crippen molar-refractivity contribution in [3.05, 3.63) is 4.88 Å². The maximum Gasteiger partial charge on any atom is 0.350 e. The summed E-state index contributed by atoms with van der Waals surface area (Å²) in [7, 11) is 1.36. The van der Waals surface area contributed by atoms with Gasteiger partial charge >= 0.3 is 5.97 Å². The number of ether oxygens (including phenoxy) is 1. The highest BCUT2D eigenvalue weighted by Gasteiger charge is 2.29. The summed E-state index contributed by atoms with van der Waals surface area (Å²) in [4.78, 5) is 15.4. The molecule has 0 aliphatic carbocycles. The number of esters is 1. The quantitative estimate of drug-likeness (QED) is 0.655. The van der Waals surface area contributed by atoms with E-state index in [1.165, 1.54) is 18.4 Å². The molecule has 118 valence electrons. The lowest BCUT2D eigenvalue weighted by molar-refractivity contribution is 0.0481. The van der Waals surface area contributed by atoms with Crippen molar-refractivity contribution in [1.82, 2.24) is 0 Å². The Morgan fingerprint density at radius 2 is 2.19 bits per heavy atom. The van der Waals surface area contributed by atoms with E-state index in [1.54, 1.807) is 11.8 Å². The zero-order valence-electron chi connectivity index (χ0n) is 12.6. The van der Waals surface area contributed by atoms with E-state index in [0.717, 1.165) is 35.8 Å². The van der Waals surface area contributed by atoms with E-state index in [4.69, 9.17) is 10.5 Å². The van der Waals surface area contributed by atoms with Gasteiger partial charge in [-0.2, -0.15) is 0 Å². The third-order valence-electron chi connectivity index (χ3n) is 3.81. The van der Waals surface area contributed by atoms with Crippen LogP contribution >= 0.6 is 23.1 Å². The molecule has 0 saturated carbocycles. The zero-order chi connectivity index (χ0) is 15.6. The smallest absolute Gasteiger partial charge is 0.350 e. The molecule has 0 radical (unpaired) electrons. The number of carbonyl (C=O) groups excluding carboxylic acids is 1. The standard InChI is InChI=1S/C14H22N2O3S2/c1-14(18)5-4-7-16(8-6-14)12-10(20-3)9(15)11(21-12)13(17)19-2/h18H,4-8,15H2,1-3H3. The Balaban J connectivity index is 2.32. The van der Waals surface area contributed by atoms with E-state index in [0.29, 0.717) is 17.0 Å². The summed E-state index contributed by atoms with van der Waals surface area (Å²) in [6.07, 6.45) is 4.39. The fraction of sp³-hybridized carbons (Fsp3) is 0.643. The van der Waals surface area contributed by atoms with Gasteiger partial charge in [-0.1, -0.05) is 0 Å². The van der Waals surface area contributed by atoms with Crippen molar-refractivity contribution < 1.29 is 14.6 Å². The van der Waals surface area contributed by atoms with Crippen molar-refractivity contribution >= 4 is 39.8 Å². The maximum absolute atomic E-state index is 11.8. The summed E-state index contributed by atoms with van der Waals surface area (Å²) < 4.78 is 4.80. The summed E-state index contributed by atoms with van der Waals surface area (Å²) >= 11 is 2.93. The molecule has 0 aromatic carbocycles. The molecule has 3 N–H and O–H groups in total. The lowest BCUT2D eigenvalue weighted by Gasteiger charge is -2.23. The molecule has 0 amide bonds. The molecule has 2 heterocycles. The van der Waals surface area contributed by atoms with Gasteiger partial charge in [0.25, 0.3) is 0 Å². The van der Waals surface area contributed by atoms with Gasteiger partial charge in [0.15, 0.2) is 0 Å². The molecule has 1 aliphatic rings. The highest BCUT2D eigenvalue weighted by atomic mass is 32.2. The van der Waals surface area contributed by atoms with E-state index in [2.05, 4.69) is 4.90 Å². The number of hydrogen-bond donors (Lipinski definition) is 2. The molecule has 2 rings (SSSR count). The van der Waals surface area contributed by atoms with E-state index in [-0.39, 0.29) is 5.97 Å². The lowest BCUT2D eigenvalue weighted by Crippen LogP contribution is -2.28.